The molecule has 0 saturated heterocycles. The Morgan fingerprint density at radius 2 is 1.68 bits per heavy atom. The highest BCUT2D eigenvalue weighted by Crippen LogP contribution is 2.37. The van der Waals surface area contributed by atoms with E-state index in [9.17, 15) is 19.7 Å². The molecule has 0 atom stereocenters. The second-order valence-corrected chi connectivity index (χ2v) is 9.32. The average molecular weight is 573 g/mol. The van der Waals surface area contributed by atoms with Crippen molar-refractivity contribution in [3.8, 4) is 16.9 Å². The van der Waals surface area contributed by atoms with Crippen molar-refractivity contribution >= 4 is 57.9 Å². The van der Waals surface area contributed by atoms with Gasteiger partial charge in [-0.15, -0.1) is 0 Å². The van der Waals surface area contributed by atoms with Gasteiger partial charge in [0.1, 0.15) is 11.4 Å². The molecule has 2 N–H and O–H groups in total. The molecule has 0 aliphatic heterocycles. The SMILES string of the molecule is O=C(Oc1ccccc1C=NNC(=O)c1[nH]c2ccc(Cl)cc2c1-c1ccccc1Cl)c1ccc([N+](=O)[O-])cc1. The topological polar surface area (TPSA) is 127 Å². The van der Waals surface area contributed by atoms with Crippen molar-refractivity contribution < 1.29 is 19.2 Å². The molecule has 11 heteroatoms. The number of hydrogen-bond donors (Lipinski definition) is 2. The summed E-state index contributed by atoms with van der Waals surface area (Å²) in [7, 11) is 0. The maximum atomic E-state index is 13.3. The van der Waals surface area contributed by atoms with Gasteiger partial charge < -0.3 is 9.72 Å². The van der Waals surface area contributed by atoms with Gasteiger partial charge in [0, 0.05) is 49.8 Å². The van der Waals surface area contributed by atoms with Crippen molar-refractivity contribution in [2.24, 2.45) is 5.10 Å². The van der Waals surface area contributed by atoms with Gasteiger partial charge in [0.25, 0.3) is 11.6 Å². The number of benzene rings is 4. The third-order valence-electron chi connectivity index (χ3n) is 5.94. The standard InChI is InChI=1S/C29H18Cl2N4O5/c30-19-11-14-24-22(15-19)26(21-6-2-3-7-23(21)31)27(33-24)28(36)34-32-16-18-5-1-4-8-25(18)40-29(37)17-9-12-20(13-10-17)35(38)39/h1-16,33H,(H,34,36). The average Bonchev–Trinajstić information content (AvgIpc) is 3.32. The number of aromatic nitrogens is 1. The fourth-order valence-electron chi connectivity index (χ4n) is 4.05. The van der Waals surface area contributed by atoms with E-state index in [1.807, 2.05) is 6.07 Å². The minimum atomic E-state index is -0.707. The molecular formula is C29H18Cl2N4O5. The molecule has 5 rings (SSSR count). The molecule has 0 bridgehead atoms. The first-order valence-corrected chi connectivity index (χ1v) is 12.5. The molecule has 9 nitrogen and oxygen atoms in total. The zero-order valence-electron chi connectivity index (χ0n) is 20.4. The van der Waals surface area contributed by atoms with Gasteiger partial charge in [-0.05, 0) is 48.5 Å². The maximum absolute atomic E-state index is 13.3. The van der Waals surface area contributed by atoms with Gasteiger partial charge in [-0.1, -0.05) is 53.5 Å². The van der Waals surface area contributed by atoms with Crippen LogP contribution in [0.1, 0.15) is 26.4 Å². The van der Waals surface area contributed by atoms with E-state index in [2.05, 4.69) is 15.5 Å². The number of nitrogens with zero attached hydrogens (tertiary/aromatic N) is 2. The van der Waals surface area contributed by atoms with E-state index in [4.69, 9.17) is 27.9 Å². The van der Waals surface area contributed by atoms with Crippen LogP contribution in [-0.2, 0) is 0 Å². The number of halogens is 2. The number of ether oxygens (including phenoxy) is 1. The van der Waals surface area contributed by atoms with Gasteiger partial charge in [0.15, 0.2) is 0 Å². The molecule has 0 unspecified atom stereocenters. The first kappa shape index (κ1) is 26.6. The Balaban J connectivity index is 1.38. The lowest BCUT2D eigenvalue weighted by Crippen LogP contribution is -2.19. The number of nitrogens with one attached hydrogen (secondary N) is 2. The number of carbonyl (C=O) groups excluding carboxylic acids is 2. The smallest absolute Gasteiger partial charge is 0.343 e. The van der Waals surface area contributed by atoms with Gasteiger partial charge in [-0.2, -0.15) is 5.10 Å². The molecule has 40 heavy (non-hydrogen) atoms. The quantitative estimate of drug-likeness (QED) is 0.0711. The van der Waals surface area contributed by atoms with Crippen molar-refractivity contribution in [1.82, 2.24) is 10.4 Å². The van der Waals surface area contributed by atoms with Crippen molar-refractivity contribution in [1.29, 1.82) is 0 Å². The summed E-state index contributed by atoms with van der Waals surface area (Å²) in [6.07, 6.45) is 1.34. The summed E-state index contributed by atoms with van der Waals surface area (Å²) in [4.78, 5) is 39.3. The maximum Gasteiger partial charge on any atom is 0.343 e. The minimum Gasteiger partial charge on any atom is -0.422 e. The summed E-state index contributed by atoms with van der Waals surface area (Å²) in [5.74, 6) is -1.05. The van der Waals surface area contributed by atoms with E-state index >= 15 is 0 Å². The van der Waals surface area contributed by atoms with E-state index in [1.165, 1.54) is 30.5 Å². The fourth-order valence-corrected chi connectivity index (χ4v) is 4.45. The summed E-state index contributed by atoms with van der Waals surface area (Å²) < 4.78 is 5.47. The number of hydrogen-bond acceptors (Lipinski definition) is 6. The first-order valence-electron chi connectivity index (χ1n) is 11.8. The van der Waals surface area contributed by atoms with Crippen LogP contribution >= 0.6 is 23.2 Å². The fraction of sp³-hybridized carbons (Fsp3) is 0. The second kappa shape index (κ2) is 11.4. The van der Waals surface area contributed by atoms with Gasteiger partial charge >= 0.3 is 5.97 Å². The van der Waals surface area contributed by atoms with E-state index in [0.29, 0.717) is 32.3 Å². The number of nitro benzene ring substituents is 1. The van der Waals surface area contributed by atoms with Gasteiger partial charge in [0.05, 0.1) is 16.7 Å². The Kier molecular flexibility index (Phi) is 7.59. The number of carbonyl (C=O) groups is 2. The predicted molar refractivity (Wildman–Crippen MR) is 153 cm³/mol. The Morgan fingerprint density at radius 1 is 0.950 bits per heavy atom. The zero-order chi connectivity index (χ0) is 28.2. The molecule has 0 fully saturated rings. The van der Waals surface area contributed by atoms with E-state index < -0.39 is 16.8 Å². The second-order valence-electron chi connectivity index (χ2n) is 8.48. The number of para-hydroxylation sites is 1. The highest BCUT2D eigenvalue weighted by atomic mass is 35.5. The number of hydrazone groups is 1. The van der Waals surface area contributed by atoms with Crippen LogP contribution in [0.5, 0.6) is 5.75 Å². The molecule has 1 heterocycles. The number of esters is 1. The number of aromatic amines is 1. The zero-order valence-corrected chi connectivity index (χ0v) is 21.9. The Bertz CT molecular complexity index is 1800. The summed E-state index contributed by atoms with van der Waals surface area (Å²) in [6.45, 7) is 0. The van der Waals surface area contributed by atoms with Crippen LogP contribution in [0.4, 0.5) is 5.69 Å². The molecule has 0 saturated carbocycles. The molecule has 0 radical (unpaired) electrons. The summed E-state index contributed by atoms with van der Waals surface area (Å²) >= 11 is 12.7. The number of non-ortho nitro benzene ring substituents is 1. The lowest BCUT2D eigenvalue weighted by atomic mass is 10.0. The van der Waals surface area contributed by atoms with Crippen molar-refractivity contribution in [2.45, 2.75) is 0 Å². The molecular weight excluding hydrogens is 555 g/mol. The minimum absolute atomic E-state index is 0.136. The largest absolute Gasteiger partial charge is 0.422 e. The molecule has 198 valence electrons. The van der Waals surface area contributed by atoms with Crippen LogP contribution in [0.3, 0.4) is 0 Å². The highest BCUT2D eigenvalue weighted by Gasteiger charge is 2.21. The van der Waals surface area contributed by atoms with Gasteiger partial charge in [-0.25, -0.2) is 10.2 Å². The third-order valence-corrected chi connectivity index (χ3v) is 6.50. The lowest BCUT2D eigenvalue weighted by Gasteiger charge is -2.08. The van der Waals surface area contributed by atoms with Crippen LogP contribution in [0, 0.1) is 10.1 Å². The van der Waals surface area contributed by atoms with E-state index in [0.717, 1.165) is 5.39 Å². The Morgan fingerprint density at radius 3 is 2.42 bits per heavy atom. The van der Waals surface area contributed by atoms with Crippen LogP contribution in [-0.4, -0.2) is 28.0 Å². The van der Waals surface area contributed by atoms with Crippen LogP contribution in [0.15, 0.2) is 96.1 Å². The molecule has 0 spiro atoms. The summed E-state index contributed by atoms with van der Waals surface area (Å²) in [5.41, 5.74) is 5.06. The van der Waals surface area contributed by atoms with E-state index in [-0.39, 0.29) is 22.7 Å². The molecule has 1 amide bonds. The molecule has 1 aromatic heterocycles. The van der Waals surface area contributed by atoms with Gasteiger partial charge in [-0.3, -0.25) is 14.9 Å². The summed E-state index contributed by atoms with van der Waals surface area (Å²) in [5, 5.41) is 16.6. The Labute approximate surface area is 237 Å². The number of amides is 1. The first-order chi connectivity index (χ1) is 19.3. The van der Waals surface area contributed by atoms with Crippen molar-refractivity contribution in [3.05, 3.63) is 128 Å². The van der Waals surface area contributed by atoms with Crippen LogP contribution in [0.25, 0.3) is 22.0 Å². The number of fused-ring (bicyclic) bond motifs is 1. The predicted octanol–water partition coefficient (Wildman–Crippen LogP) is 7.03. The van der Waals surface area contributed by atoms with Gasteiger partial charge in [0.2, 0.25) is 0 Å². The number of nitro groups is 1. The third kappa shape index (κ3) is 5.56. The van der Waals surface area contributed by atoms with E-state index in [1.54, 1.807) is 60.7 Å². The monoisotopic (exact) mass is 572 g/mol. The number of H-pyrrole nitrogens is 1. The summed E-state index contributed by atoms with van der Waals surface area (Å²) in [6, 6.07) is 24.0. The normalized spacial score (nSPS) is 11.1. The molecule has 5 aromatic rings. The van der Waals surface area contributed by atoms with Crippen LogP contribution in [0.2, 0.25) is 10.0 Å². The lowest BCUT2D eigenvalue weighted by molar-refractivity contribution is -0.384. The number of rotatable bonds is 7. The highest BCUT2D eigenvalue weighted by molar-refractivity contribution is 6.34. The van der Waals surface area contributed by atoms with Crippen molar-refractivity contribution in [2.75, 3.05) is 0 Å². The molecule has 0 aliphatic rings. The Hall–Kier alpha value is -4.99. The molecule has 4 aromatic carbocycles. The van der Waals surface area contributed by atoms with Crippen LogP contribution < -0.4 is 10.2 Å². The molecule has 0 aliphatic carbocycles. The van der Waals surface area contributed by atoms with Crippen molar-refractivity contribution in [3.63, 3.8) is 0 Å².